The van der Waals surface area contributed by atoms with E-state index >= 15 is 0 Å². The molecule has 8 nitrogen and oxygen atoms in total. The number of carbonyl (C=O) groups is 1. The Morgan fingerprint density at radius 1 is 1.39 bits per heavy atom. The number of nitrogens with zero attached hydrogens (tertiary/aromatic N) is 3. The van der Waals surface area contributed by atoms with Crippen molar-refractivity contribution in [1.29, 1.82) is 0 Å². The van der Waals surface area contributed by atoms with Crippen molar-refractivity contribution in [3.05, 3.63) is 47.4 Å². The molecule has 1 aromatic carbocycles. The van der Waals surface area contributed by atoms with Gasteiger partial charge in [0.25, 0.3) is 0 Å². The van der Waals surface area contributed by atoms with Crippen LogP contribution in [0, 0.1) is 0 Å². The molecule has 0 saturated carbocycles. The summed E-state index contributed by atoms with van der Waals surface area (Å²) in [6, 6.07) is 5.14. The van der Waals surface area contributed by atoms with Crippen molar-refractivity contribution in [2.75, 3.05) is 31.6 Å². The minimum absolute atomic E-state index is 0.143. The van der Waals surface area contributed by atoms with Crippen LogP contribution in [0.5, 0.6) is 0 Å². The number of morpholine rings is 1. The fourth-order valence-corrected chi connectivity index (χ4v) is 4.70. The largest absolute Gasteiger partial charge is 0.372 e. The minimum atomic E-state index is -0.461. The number of aliphatic imine (C=N–C) groups is 1. The minimum Gasteiger partial charge on any atom is -0.372 e. The Hall–Kier alpha value is -2.94. The highest BCUT2D eigenvalue weighted by Gasteiger charge is 2.38. The van der Waals surface area contributed by atoms with Crippen LogP contribution in [0.2, 0.25) is 5.02 Å². The van der Waals surface area contributed by atoms with E-state index in [0.29, 0.717) is 37.0 Å². The summed E-state index contributed by atoms with van der Waals surface area (Å²) < 4.78 is 6.02. The van der Waals surface area contributed by atoms with Gasteiger partial charge in [-0.25, -0.2) is 0 Å². The number of hydrogen-bond donors (Lipinski definition) is 3. The molecular weight excluding hydrogens is 440 g/mol. The number of halogens is 1. The van der Waals surface area contributed by atoms with Crippen molar-refractivity contribution < 1.29 is 9.53 Å². The standard InChI is InChI=1S/C24H27ClN6O2/c1-4-15-9-27-21(28-15)11-31-13-24(2,3)33-12-20(31)23(32)30-18-8-14(25)7-17-16-5-6-26-10-19(16)29-22(17)18/h4-8,10,20,29H,9,11-13H2,1-3H3,(H,27,28)(H,30,32)/b15-4-/t20-/m0/s1. The van der Waals surface area contributed by atoms with Gasteiger partial charge in [-0.15, -0.1) is 0 Å². The molecule has 0 radical (unpaired) electrons. The van der Waals surface area contributed by atoms with E-state index in [2.05, 4.69) is 30.5 Å². The van der Waals surface area contributed by atoms with Gasteiger partial charge in [0.05, 0.1) is 48.2 Å². The molecule has 2 aliphatic heterocycles. The third-order valence-electron chi connectivity index (χ3n) is 6.14. The number of nitrogens with one attached hydrogen (secondary N) is 3. The van der Waals surface area contributed by atoms with Gasteiger partial charge in [0.15, 0.2) is 0 Å². The topological polar surface area (TPSA) is 94.6 Å². The molecule has 3 aromatic rings. The summed E-state index contributed by atoms with van der Waals surface area (Å²) in [5.74, 6) is 0.725. The second-order valence-corrected chi connectivity index (χ2v) is 9.54. The van der Waals surface area contributed by atoms with E-state index in [9.17, 15) is 4.79 Å². The Morgan fingerprint density at radius 2 is 2.24 bits per heavy atom. The number of rotatable bonds is 4. The van der Waals surface area contributed by atoms with E-state index in [4.69, 9.17) is 16.3 Å². The van der Waals surface area contributed by atoms with Gasteiger partial charge in [-0.1, -0.05) is 17.7 Å². The van der Waals surface area contributed by atoms with Crippen molar-refractivity contribution in [2.24, 2.45) is 4.99 Å². The molecule has 0 aliphatic carbocycles. The van der Waals surface area contributed by atoms with Crippen LogP contribution < -0.4 is 10.6 Å². The number of amidine groups is 1. The van der Waals surface area contributed by atoms with Crippen LogP contribution in [0.4, 0.5) is 5.69 Å². The van der Waals surface area contributed by atoms with E-state index < -0.39 is 6.04 Å². The molecule has 4 heterocycles. The van der Waals surface area contributed by atoms with E-state index in [0.717, 1.165) is 33.3 Å². The number of H-pyrrole nitrogens is 1. The van der Waals surface area contributed by atoms with Gasteiger partial charge in [0.1, 0.15) is 11.9 Å². The second-order valence-electron chi connectivity index (χ2n) is 9.10. The van der Waals surface area contributed by atoms with Gasteiger partial charge >= 0.3 is 0 Å². The Kier molecular flexibility index (Phi) is 5.60. The maximum Gasteiger partial charge on any atom is 0.244 e. The number of allylic oxidation sites excluding steroid dienone is 1. The third-order valence-corrected chi connectivity index (χ3v) is 6.36. The molecule has 1 fully saturated rings. The molecule has 5 rings (SSSR count). The summed E-state index contributed by atoms with van der Waals surface area (Å²) in [5.41, 5.74) is 3.06. The van der Waals surface area contributed by atoms with Crippen molar-refractivity contribution in [3.8, 4) is 0 Å². The highest BCUT2D eigenvalue weighted by Crippen LogP contribution is 2.33. The lowest BCUT2D eigenvalue weighted by atomic mass is 10.0. The molecule has 3 N–H and O–H groups in total. The van der Waals surface area contributed by atoms with Crippen LogP contribution in [-0.2, 0) is 9.53 Å². The molecule has 0 bridgehead atoms. The number of hydrogen-bond acceptors (Lipinski definition) is 6. The molecule has 2 aliphatic rings. The van der Waals surface area contributed by atoms with Crippen LogP contribution in [0.15, 0.2) is 47.4 Å². The number of carbonyl (C=O) groups excluding carboxylic acids is 1. The molecule has 33 heavy (non-hydrogen) atoms. The zero-order valence-corrected chi connectivity index (χ0v) is 19.7. The second kappa shape index (κ2) is 8.44. The first-order valence-electron chi connectivity index (χ1n) is 11.0. The fraction of sp³-hybridized carbons (Fsp3) is 0.375. The zero-order valence-electron chi connectivity index (χ0n) is 18.9. The van der Waals surface area contributed by atoms with Gasteiger partial charge < -0.3 is 20.4 Å². The summed E-state index contributed by atoms with van der Waals surface area (Å²) >= 11 is 6.41. The van der Waals surface area contributed by atoms with Crippen molar-refractivity contribution in [3.63, 3.8) is 0 Å². The van der Waals surface area contributed by atoms with E-state index in [-0.39, 0.29) is 11.5 Å². The smallest absolute Gasteiger partial charge is 0.244 e. The van der Waals surface area contributed by atoms with Crippen LogP contribution in [0.25, 0.3) is 21.8 Å². The fourth-order valence-electron chi connectivity index (χ4n) is 4.48. The first kappa shape index (κ1) is 21.9. The van der Waals surface area contributed by atoms with Gasteiger partial charge in [0, 0.05) is 34.2 Å². The number of anilines is 1. The van der Waals surface area contributed by atoms with Crippen LogP contribution >= 0.6 is 11.6 Å². The summed E-state index contributed by atoms with van der Waals surface area (Å²) in [6.07, 6.45) is 5.53. The molecule has 1 saturated heterocycles. The molecule has 9 heteroatoms. The van der Waals surface area contributed by atoms with Crippen LogP contribution in [0.1, 0.15) is 20.8 Å². The number of aromatic nitrogens is 2. The zero-order chi connectivity index (χ0) is 23.2. The van der Waals surface area contributed by atoms with Gasteiger partial charge in [-0.3, -0.25) is 19.7 Å². The van der Waals surface area contributed by atoms with Crippen LogP contribution in [0.3, 0.4) is 0 Å². The lowest BCUT2D eigenvalue weighted by molar-refractivity contribution is -0.141. The lowest BCUT2D eigenvalue weighted by Gasteiger charge is -2.42. The average molecular weight is 467 g/mol. The van der Waals surface area contributed by atoms with Crippen molar-refractivity contribution in [1.82, 2.24) is 20.2 Å². The summed E-state index contributed by atoms with van der Waals surface area (Å²) in [6.45, 7) is 8.16. The summed E-state index contributed by atoms with van der Waals surface area (Å²) in [4.78, 5) is 27.7. The third kappa shape index (κ3) is 4.34. The molecule has 0 unspecified atom stereocenters. The van der Waals surface area contributed by atoms with Crippen molar-refractivity contribution in [2.45, 2.75) is 32.4 Å². The predicted molar refractivity (Wildman–Crippen MR) is 132 cm³/mol. The highest BCUT2D eigenvalue weighted by molar-refractivity contribution is 6.33. The van der Waals surface area contributed by atoms with Crippen molar-refractivity contribution >= 4 is 50.8 Å². The Labute approximate surface area is 197 Å². The summed E-state index contributed by atoms with van der Waals surface area (Å²) in [7, 11) is 0. The predicted octanol–water partition coefficient (Wildman–Crippen LogP) is 3.69. The van der Waals surface area contributed by atoms with E-state index in [1.54, 1.807) is 18.5 Å². The average Bonchev–Trinajstić information content (AvgIpc) is 3.37. The normalized spacial score (nSPS) is 22.0. The lowest BCUT2D eigenvalue weighted by Crippen LogP contribution is -2.59. The molecule has 2 aromatic heterocycles. The molecular formula is C24H27ClN6O2. The number of benzene rings is 1. The van der Waals surface area contributed by atoms with Gasteiger partial charge in [0.2, 0.25) is 5.91 Å². The molecule has 172 valence electrons. The van der Waals surface area contributed by atoms with Gasteiger partial charge in [-0.05, 0) is 39.0 Å². The van der Waals surface area contributed by atoms with Gasteiger partial charge in [-0.2, -0.15) is 0 Å². The SMILES string of the molecule is C/C=C1/CN=C(CN2CC(C)(C)OC[C@H]2C(=O)Nc2cc(Cl)cc3c2[nH]c2cnccc23)N1. The first-order chi connectivity index (χ1) is 15.8. The first-order valence-corrected chi connectivity index (χ1v) is 11.4. The van der Waals surface area contributed by atoms with E-state index in [1.807, 2.05) is 39.0 Å². The maximum absolute atomic E-state index is 13.5. The molecule has 1 atom stereocenters. The Morgan fingerprint density at radius 3 is 3.03 bits per heavy atom. The quantitative estimate of drug-likeness (QED) is 0.545. The number of ether oxygens (including phenoxy) is 1. The maximum atomic E-state index is 13.5. The molecule has 0 spiro atoms. The number of amides is 1. The Balaban J connectivity index is 1.42. The van der Waals surface area contributed by atoms with Crippen LogP contribution in [-0.4, -0.2) is 64.5 Å². The monoisotopic (exact) mass is 466 g/mol. The number of fused-ring (bicyclic) bond motifs is 3. The highest BCUT2D eigenvalue weighted by atomic mass is 35.5. The summed E-state index contributed by atoms with van der Waals surface area (Å²) in [5, 5.41) is 8.93. The number of pyridine rings is 1. The van der Waals surface area contributed by atoms with E-state index in [1.165, 1.54) is 0 Å². The Bertz CT molecular complexity index is 1290. The number of aromatic amines is 1. The molecule has 1 amide bonds.